The van der Waals surface area contributed by atoms with Crippen LogP contribution in [0.25, 0.3) is 0 Å². The minimum atomic E-state index is -3.92. The molecule has 0 unspecified atom stereocenters. The number of halogens is 2. The number of ether oxygens (including phenoxy) is 2. The SMILES string of the molecule is C[C@H](OC(=O)Nc1ccn([C@@H]2O[C@H](CO)[C@@H](O)C2(F)F)c(=O)n1)[C@@H](NC(=O)[C@@H](N)CC1CCCCC1)C(=O)O. The number of carboxylic acid groups (broad SMARTS) is 1. The van der Waals surface area contributed by atoms with Crippen LogP contribution in [-0.2, 0) is 19.1 Å². The lowest BCUT2D eigenvalue weighted by Gasteiger charge is -2.26. The van der Waals surface area contributed by atoms with E-state index in [9.17, 15) is 38.2 Å². The molecule has 2 amide bonds. The minimum absolute atomic E-state index is 0.276. The first-order valence-electron chi connectivity index (χ1n) is 12.5. The van der Waals surface area contributed by atoms with Crippen molar-refractivity contribution >= 4 is 23.8 Å². The number of aliphatic hydroxyl groups excluding tert-OH is 2. The molecule has 2 fully saturated rings. The van der Waals surface area contributed by atoms with Gasteiger partial charge in [-0.2, -0.15) is 13.8 Å². The van der Waals surface area contributed by atoms with Crippen molar-refractivity contribution in [3.63, 3.8) is 0 Å². The molecule has 6 atom stereocenters. The van der Waals surface area contributed by atoms with Crippen LogP contribution in [0.4, 0.5) is 19.4 Å². The van der Waals surface area contributed by atoms with Gasteiger partial charge in [-0.15, -0.1) is 0 Å². The average Bonchev–Trinajstić information content (AvgIpc) is 3.10. The van der Waals surface area contributed by atoms with Crippen molar-refractivity contribution in [1.29, 1.82) is 0 Å². The van der Waals surface area contributed by atoms with Crippen LogP contribution in [0, 0.1) is 5.92 Å². The van der Waals surface area contributed by atoms with Gasteiger partial charge < -0.3 is 35.8 Å². The second-order valence-corrected chi connectivity index (χ2v) is 9.74. The van der Waals surface area contributed by atoms with E-state index in [2.05, 4.69) is 15.6 Å². The predicted molar refractivity (Wildman–Crippen MR) is 129 cm³/mol. The number of nitrogens with zero attached hydrogens (tertiary/aromatic N) is 2. The zero-order valence-electron chi connectivity index (χ0n) is 21.2. The van der Waals surface area contributed by atoms with E-state index < -0.39 is 78.6 Å². The number of anilines is 1. The first-order chi connectivity index (χ1) is 18.3. The molecule has 1 aliphatic heterocycles. The molecule has 1 saturated carbocycles. The molecule has 1 aromatic rings. The van der Waals surface area contributed by atoms with Crippen molar-refractivity contribution in [2.75, 3.05) is 11.9 Å². The lowest BCUT2D eigenvalue weighted by molar-refractivity contribution is -0.145. The Kier molecular flexibility index (Phi) is 9.93. The van der Waals surface area contributed by atoms with E-state index in [1.165, 1.54) is 6.92 Å². The molecule has 39 heavy (non-hydrogen) atoms. The third kappa shape index (κ3) is 7.26. The Bertz CT molecular complexity index is 1100. The summed E-state index contributed by atoms with van der Waals surface area (Å²) in [6.45, 7) is 0.308. The summed E-state index contributed by atoms with van der Waals surface area (Å²) in [7, 11) is 0. The maximum atomic E-state index is 14.3. The van der Waals surface area contributed by atoms with Crippen LogP contribution in [-0.4, -0.2) is 85.8 Å². The second kappa shape index (κ2) is 12.8. The zero-order valence-corrected chi connectivity index (χ0v) is 21.2. The van der Waals surface area contributed by atoms with Crippen molar-refractivity contribution in [2.45, 2.75) is 88.0 Å². The lowest BCUT2D eigenvalue weighted by Crippen LogP contribution is -2.54. The Morgan fingerprint density at radius 2 is 1.97 bits per heavy atom. The van der Waals surface area contributed by atoms with Gasteiger partial charge in [0.2, 0.25) is 12.1 Å². The number of amides is 2. The van der Waals surface area contributed by atoms with Gasteiger partial charge >= 0.3 is 23.7 Å². The molecule has 16 heteroatoms. The summed E-state index contributed by atoms with van der Waals surface area (Å²) in [6, 6.07) is -1.60. The molecule has 2 aliphatic rings. The van der Waals surface area contributed by atoms with Crippen LogP contribution in [0.5, 0.6) is 0 Å². The molecule has 0 radical (unpaired) electrons. The van der Waals surface area contributed by atoms with E-state index in [0.29, 0.717) is 11.0 Å². The summed E-state index contributed by atoms with van der Waals surface area (Å²) < 4.78 is 38.9. The van der Waals surface area contributed by atoms with Crippen LogP contribution in [0.3, 0.4) is 0 Å². The number of aliphatic carboxylic acids is 1. The number of carboxylic acids is 1. The Morgan fingerprint density at radius 1 is 1.31 bits per heavy atom. The van der Waals surface area contributed by atoms with Crippen molar-refractivity contribution in [1.82, 2.24) is 14.9 Å². The molecule has 3 rings (SSSR count). The van der Waals surface area contributed by atoms with Gasteiger partial charge in [0.15, 0.2) is 12.1 Å². The van der Waals surface area contributed by atoms with E-state index in [1.807, 2.05) is 0 Å². The highest BCUT2D eigenvalue weighted by atomic mass is 19.3. The normalized spacial score (nSPS) is 25.3. The Hall–Kier alpha value is -3.21. The largest absolute Gasteiger partial charge is 0.480 e. The molecular weight excluding hydrogens is 528 g/mol. The molecule has 1 saturated heterocycles. The number of carbonyl (C=O) groups is 3. The molecule has 0 bridgehead atoms. The third-order valence-electron chi connectivity index (χ3n) is 6.85. The number of rotatable bonds is 10. The maximum absolute atomic E-state index is 14.3. The number of aromatic nitrogens is 2. The summed E-state index contributed by atoms with van der Waals surface area (Å²) in [6.07, 6.45) is -2.51. The molecule has 1 aliphatic carbocycles. The number of alkyl halides is 2. The standard InChI is InChI=1S/C23H33F2N5O9/c1-11(16(19(34)35)29-18(33)13(26)9-12-5-3-2-4-6-12)38-22(37)28-15-7-8-30(21(36)27-15)20-23(24,25)17(32)14(10-31)39-20/h7-8,11-14,16-17,20,31-32H,2-6,9-10,26H2,1H3,(H,29,33)(H,34,35)(H,27,28,36,37)/t11-,13-,14+,16+,17+,20+/m0/s1. The van der Waals surface area contributed by atoms with E-state index in [0.717, 1.165) is 44.4 Å². The van der Waals surface area contributed by atoms with Gasteiger partial charge in [0.05, 0.1) is 12.6 Å². The van der Waals surface area contributed by atoms with Crippen molar-refractivity contribution in [3.8, 4) is 0 Å². The first-order valence-corrected chi connectivity index (χ1v) is 12.5. The summed E-state index contributed by atoms with van der Waals surface area (Å²) in [5.41, 5.74) is 4.69. The number of hydrogen-bond donors (Lipinski definition) is 6. The quantitative estimate of drug-likeness (QED) is 0.222. The monoisotopic (exact) mass is 561 g/mol. The molecule has 7 N–H and O–H groups in total. The number of nitrogens with one attached hydrogen (secondary N) is 2. The number of aliphatic hydroxyl groups is 2. The Labute approximate surface area is 221 Å². The van der Waals surface area contributed by atoms with Crippen LogP contribution in [0.1, 0.15) is 51.7 Å². The highest BCUT2D eigenvalue weighted by Crippen LogP contribution is 2.42. The summed E-state index contributed by atoms with van der Waals surface area (Å²) in [5, 5.41) is 32.6. The smallest absolute Gasteiger partial charge is 0.413 e. The van der Waals surface area contributed by atoms with Gasteiger partial charge in [0, 0.05) is 6.20 Å². The van der Waals surface area contributed by atoms with Crippen LogP contribution < -0.4 is 22.1 Å². The van der Waals surface area contributed by atoms with Crippen LogP contribution in [0.15, 0.2) is 17.1 Å². The van der Waals surface area contributed by atoms with Crippen LogP contribution >= 0.6 is 0 Å². The van der Waals surface area contributed by atoms with Crippen molar-refractivity contribution < 1.29 is 48.0 Å². The summed E-state index contributed by atoms with van der Waals surface area (Å²) in [4.78, 5) is 52.3. The Morgan fingerprint density at radius 3 is 2.54 bits per heavy atom. The van der Waals surface area contributed by atoms with E-state index >= 15 is 0 Å². The van der Waals surface area contributed by atoms with Crippen molar-refractivity contribution in [3.05, 3.63) is 22.7 Å². The van der Waals surface area contributed by atoms with E-state index in [1.54, 1.807) is 0 Å². The Balaban J connectivity index is 1.58. The van der Waals surface area contributed by atoms with Gasteiger partial charge in [-0.3, -0.25) is 14.7 Å². The van der Waals surface area contributed by atoms with Gasteiger partial charge in [-0.25, -0.2) is 14.4 Å². The van der Waals surface area contributed by atoms with E-state index in [4.69, 9.17) is 20.3 Å². The molecular formula is C23H33F2N5O9. The molecule has 2 heterocycles. The van der Waals surface area contributed by atoms with Gasteiger partial charge in [-0.1, -0.05) is 32.1 Å². The number of carbonyl (C=O) groups excluding carboxylic acids is 2. The fourth-order valence-corrected chi connectivity index (χ4v) is 4.68. The molecule has 0 aromatic carbocycles. The first kappa shape index (κ1) is 30.3. The van der Waals surface area contributed by atoms with Gasteiger partial charge in [0.1, 0.15) is 18.0 Å². The predicted octanol–water partition coefficient (Wildman–Crippen LogP) is -0.0667. The number of nitrogens with two attached hydrogens (primary N) is 1. The zero-order chi connectivity index (χ0) is 28.9. The average molecular weight is 562 g/mol. The highest BCUT2D eigenvalue weighted by Gasteiger charge is 2.59. The topological polar surface area (TPSA) is 215 Å². The molecule has 1 aromatic heterocycles. The third-order valence-corrected chi connectivity index (χ3v) is 6.85. The van der Waals surface area contributed by atoms with Gasteiger partial charge in [0.25, 0.3) is 0 Å². The fraction of sp³-hybridized carbons (Fsp3) is 0.696. The molecule has 14 nitrogen and oxygen atoms in total. The summed E-state index contributed by atoms with van der Waals surface area (Å²) in [5.74, 6) is -6.24. The lowest BCUT2D eigenvalue weighted by atomic mass is 9.85. The van der Waals surface area contributed by atoms with Gasteiger partial charge in [-0.05, 0) is 25.3 Å². The highest BCUT2D eigenvalue weighted by molar-refractivity contribution is 5.88. The number of hydrogen-bond acceptors (Lipinski definition) is 10. The molecule has 0 spiro atoms. The summed E-state index contributed by atoms with van der Waals surface area (Å²) >= 11 is 0. The second-order valence-electron chi connectivity index (χ2n) is 9.74. The van der Waals surface area contributed by atoms with Crippen molar-refractivity contribution in [2.24, 2.45) is 11.7 Å². The van der Waals surface area contributed by atoms with Crippen LogP contribution in [0.2, 0.25) is 0 Å². The minimum Gasteiger partial charge on any atom is -0.480 e. The van der Waals surface area contributed by atoms with E-state index in [-0.39, 0.29) is 5.92 Å². The maximum Gasteiger partial charge on any atom is 0.413 e. The molecule has 218 valence electrons. The fourth-order valence-electron chi connectivity index (χ4n) is 4.68.